The van der Waals surface area contributed by atoms with Gasteiger partial charge in [0.05, 0.1) is 17.7 Å². The molecular weight excluding hydrogens is 244 g/mol. The molecule has 7 heteroatoms. The monoisotopic (exact) mass is 255 g/mol. The highest BCUT2D eigenvalue weighted by Gasteiger charge is 2.27. The number of pyridine rings is 1. The maximum atomic E-state index is 13.0. The molecule has 0 amide bonds. The molecule has 1 rings (SSSR count). The average Bonchev–Trinajstić information content (AvgIpc) is 2.36. The van der Waals surface area contributed by atoms with Gasteiger partial charge in [-0.05, 0) is 12.5 Å². The minimum absolute atomic E-state index is 0.0374. The molecule has 0 bridgehead atoms. The summed E-state index contributed by atoms with van der Waals surface area (Å²) in [6.07, 6.45) is -1.87. The van der Waals surface area contributed by atoms with Crippen LogP contribution in [0.2, 0.25) is 0 Å². The number of nitrogens with zero attached hydrogens (tertiary/aromatic N) is 2. The highest BCUT2D eigenvalue weighted by atomic mass is 19.3. The van der Waals surface area contributed by atoms with E-state index >= 15 is 0 Å². The van der Waals surface area contributed by atoms with E-state index in [1.165, 1.54) is 6.07 Å². The number of hydrogen-bond acceptors (Lipinski definition) is 5. The lowest BCUT2D eigenvalue weighted by Gasteiger charge is -2.12. The van der Waals surface area contributed by atoms with Crippen LogP contribution in [-0.2, 0) is 11.3 Å². The summed E-state index contributed by atoms with van der Waals surface area (Å²) in [6.45, 7) is 1.44. The van der Waals surface area contributed by atoms with E-state index in [2.05, 4.69) is 4.98 Å². The number of rotatable bonds is 4. The number of aromatic nitrogens is 1. The normalized spacial score (nSPS) is 10.2. The fourth-order valence-corrected chi connectivity index (χ4v) is 1.47. The van der Waals surface area contributed by atoms with Crippen molar-refractivity contribution in [2.75, 3.05) is 6.61 Å². The van der Waals surface area contributed by atoms with Crippen molar-refractivity contribution >= 4 is 5.97 Å². The first kappa shape index (κ1) is 14.0. The van der Waals surface area contributed by atoms with E-state index in [1.807, 2.05) is 0 Å². The lowest BCUT2D eigenvalue weighted by atomic mass is 10.0. The van der Waals surface area contributed by atoms with E-state index < -0.39 is 23.7 Å². The third-order valence-electron chi connectivity index (χ3n) is 2.22. The first-order valence-corrected chi connectivity index (χ1v) is 5.14. The van der Waals surface area contributed by atoms with Gasteiger partial charge in [-0.25, -0.2) is 18.6 Å². The van der Waals surface area contributed by atoms with E-state index in [9.17, 15) is 13.6 Å². The van der Waals surface area contributed by atoms with Gasteiger partial charge in [0.25, 0.3) is 6.43 Å². The van der Waals surface area contributed by atoms with Crippen LogP contribution >= 0.6 is 0 Å². The molecule has 1 heterocycles. The van der Waals surface area contributed by atoms with Crippen molar-refractivity contribution in [2.24, 2.45) is 5.73 Å². The Hall–Kier alpha value is -2.07. The molecule has 0 fully saturated rings. The highest BCUT2D eigenvalue weighted by molar-refractivity contribution is 5.93. The number of esters is 1. The topological polar surface area (TPSA) is 89.0 Å². The number of carbonyl (C=O) groups is 1. The average molecular weight is 255 g/mol. The summed E-state index contributed by atoms with van der Waals surface area (Å²) in [5, 5.41) is 8.74. The molecule has 0 spiro atoms. The van der Waals surface area contributed by atoms with Crippen LogP contribution in [0.1, 0.15) is 40.5 Å². The molecule has 1 aromatic rings. The standard InChI is InChI=1S/C11H11F2N3O2/c1-2-18-11(17)8-6(3-14)5-16-7(4-15)9(8)10(12)13/h5,10H,2-3,14H2,1H3. The second kappa shape index (κ2) is 6.02. The van der Waals surface area contributed by atoms with Crippen LogP contribution in [0.5, 0.6) is 0 Å². The van der Waals surface area contributed by atoms with Gasteiger partial charge in [-0.3, -0.25) is 0 Å². The van der Waals surface area contributed by atoms with E-state index in [1.54, 1.807) is 6.92 Å². The lowest BCUT2D eigenvalue weighted by Crippen LogP contribution is -2.16. The van der Waals surface area contributed by atoms with Gasteiger partial charge in [-0.15, -0.1) is 0 Å². The smallest absolute Gasteiger partial charge is 0.339 e. The maximum Gasteiger partial charge on any atom is 0.339 e. The Morgan fingerprint density at radius 3 is 2.78 bits per heavy atom. The molecule has 18 heavy (non-hydrogen) atoms. The third-order valence-corrected chi connectivity index (χ3v) is 2.22. The second-order valence-electron chi connectivity index (χ2n) is 3.26. The van der Waals surface area contributed by atoms with Crippen molar-refractivity contribution in [3.05, 3.63) is 28.6 Å². The first-order valence-electron chi connectivity index (χ1n) is 5.14. The predicted molar refractivity (Wildman–Crippen MR) is 57.8 cm³/mol. The van der Waals surface area contributed by atoms with Crippen LogP contribution in [0.25, 0.3) is 0 Å². The minimum Gasteiger partial charge on any atom is -0.462 e. The molecule has 0 aliphatic rings. The Morgan fingerprint density at radius 2 is 2.33 bits per heavy atom. The molecule has 5 nitrogen and oxygen atoms in total. The summed E-state index contributed by atoms with van der Waals surface area (Å²) < 4.78 is 30.6. The van der Waals surface area contributed by atoms with Gasteiger partial charge in [0, 0.05) is 12.7 Å². The zero-order valence-electron chi connectivity index (χ0n) is 9.61. The molecule has 0 radical (unpaired) electrons. The van der Waals surface area contributed by atoms with Gasteiger partial charge in [0.2, 0.25) is 0 Å². The Kier molecular flexibility index (Phi) is 4.68. The molecule has 0 aliphatic heterocycles. The van der Waals surface area contributed by atoms with E-state index in [0.29, 0.717) is 0 Å². The molecule has 1 aromatic heterocycles. The first-order chi connectivity index (χ1) is 8.56. The van der Waals surface area contributed by atoms with Gasteiger partial charge in [0.1, 0.15) is 11.8 Å². The van der Waals surface area contributed by atoms with E-state index in [4.69, 9.17) is 15.7 Å². The summed E-state index contributed by atoms with van der Waals surface area (Å²) in [5.41, 5.74) is 3.92. The van der Waals surface area contributed by atoms with Crippen molar-refractivity contribution in [2.45, 2.75) is 19.9 Å². The number of carbonyl (C=O) groups excluding carboxylic acids is 1. The van der Waals surface area contributed by atoms with Crippen LogP contribution in [-0.4, -0.2) is 17.6 Å². The molecule has 96 valence electrons. The van der Waals surface area contributed by atoms with Crippen molar-refractivity contribution in [1.82, 2.24) is 4.98 Å². The van der Waals surface area contributed by atoms with Gasteiger partial charge >= 0.3 is 5.97 Å². The molecule has 0 saturated heterocycles. The predicted octanol–water partition coefficient (Wildman–Crippen LogP) is 1.53. The van der Waals surface area contributed by atoms with E-state index in [0.717, 1.165) is 6.20 Å². The summed E-state index contributed by atoms with van der Waals surface area (Å²) in [7, 11) is 0. The number of nitrogens with two attached hydrogens (primary N) is 1. The Morgan fingerprint density at radius 1 is 1.67 bits per heavy atom. The molecular formula is C11H11F2N3O2. The van der Waals surface area contributed by atoms with E-state index in [-0.39, 0.29) is 24.3 Å². The minimum atomic E-state index is -3.00. The number of alkyl halides is 2. The molecule has 0 saturated carbocycles. The number of halogens is 2. The SMILES string of the molecule is CCOC(=O)c1c(CN)cnc(C#N)c1C(F)F. The molecule has 0 aliphatic carbocycles. The van der Waals surface area contributed by atoms with Crippen molar-refractivity contribution in [3.63, 3.8) is 0 Å². The fraction of sp³-hybridized carbons (Fsp3) is 0.364. The summed E-state index contributed by atoms with van der Waals surface area (Å²) in [4.78, 5) is 15.2. The van der Waals surface area contributed by atoms with Crippen LogP contribution < -0.4 is 5.73 Å². The number of ether oxygens (including phenoxy) is 1. The Bertz CT molecular complexity index is 498. The largest absolute Gasteiger partial charge is 0.462 e. The molecule has 2 N–H and O–H groups in total. The summed E-state index contributed by atoms with van der Waals surface area (Å²) in [5.74, 6) is -0.924. The highest BCUT2D eigenvalue weighted by Crippen LogP contribution is 2.28. The van der Waals surface area contributed by atoms with Crippen molar-refractivity contribution in [1.29, 1.82) is 5.26 Å². The second-order valence-corrected chi connectivity index (χ2v) is 3.26. The molecule has 0 unspecified atom stereocenters. The fourth-order valence-electron chi connectivity index (χ4n) is 1.47. The third kappa shape index (κ3) is 2.60. The Labute approximate surface area is 102 Å². The maximum absolute atomic E-state index is 13.0. The van der Waals surface area contributed by atoms with Gasteiger partial charge in [0.15, 0.2) is 0 Å². The van der Waals surface area contributed by atoms with Crippen LogP contribution in [0.4, 0.5) is 8.78 Å². The summed E-state index contributed by atoms with van der Waals surface area (Å²) in [6, 6.07) is 1.53. The molecule has 0 atom stereocenters. The zero-order chi connectivity index (χ0) is 13.7. The van der Waals surface area contributed by atoms with Crippen molar-refractivity contribution in [3.8, 4) is 6.07 Å². The van der Waals surface area contributed by atoms with Crippen LogP contribution in [0.15, 0.2) is 6.20 Å². The van der Waals surface area contributed by atoms with Gasteiger partial charge in [-0.1, -0.05) is 0 Å². The summed E-state index contributed by atoms with van der Waals surface area (Å²) >= 11 is 0. The zero-order valence-corrected chi connectivity index (χ0v) is 9.61. The number of hydrogen-bond donors (Lipinski definition) is 1. The van der Waals surface area contributed by atoms with Gasteiger partial charge in [-0.2, -0.15) is 5.26 Å². The van der Waals surface area contributed by atoms with Crippen molar-refractivity contribution < 1.29 is 18.3 Å². The van der Waals surface area contributed by atoms with Crippen LogP contribution in [0, 0.1) is 11.3 Å². The Balaban J connectivity index is 3.51. The quantitative estimate of drug-likeness (QED) is 0.824. The molecule has 0 aromatic carbocycles. The number of nitriles is 1. The van der Waals surface area contributed by atoms with Crippen LogP contribution in [0.3, 0.4) is 0 Å². The van der Waals surface area contributed by atoms with Gasteiger partial charge < -0.3 is 10.5 Å². The lowest BCUT2D eigenvalue weighted by molar-refractivity contribution is 0.0513.